The third-order valence-corrected chi connectivity index (χ3v) is 5.90. The van der Waals surface area contributed by atoms with E-state index in [1.165, 1.54) is 11.3 Å². The molecule has 152 valence electrons. The van der Waals surface area contributed by atoms with Crippen LogP contribution in [0.3, 0.4) is 0 Å². The van der Waals surface area contributed by atoms with E-state index in [1.807, 2.05) is 16.3 Å². The molecule has 1 aliphatic rings. The molecule has 0 radical (unpaired) electrons. The molecule has 8 heteroatoms. The molecule has 1 fully saturated rings. The molecule has 0 bridgehead atoms. The van der Waals surface area contributed by atoms with Gasteiger partial charge in [0.05, 0.1) is 18.8 Å². The predicted molar refractivity (Wildman–Crippen MR) is 110 cm³/mol. The van der Waals surface area contributed by atoms with Crippen molar-refractivity contribution >= 4 is 23.2 Å². The van der Waals surface area contributed by atoms with Gasteiger partial charge in [0.15, 0.2) is 0 Å². The first-order valence-corrected chi connectivity index (χ1v) is 10.4. The molecule has 0 spiro atoms. The molecule has 3 heterocycles. The molecule has 0 aromatic carbocycles. The van der Waals surface area contributed by atoms with Gasteiger partial charge in [-0.2, -0.15) is 0 Å². The summed E-state index contributed by atoms with van der Waals surface area (Å²) >= 11 is 1.49. The first-order chi connectivity index (χ1) is 13.5. The standard InChI is InChI=1S/C20H28N4O3S/c1-15-4-5-16(2)24(15)17-6-13-28-19(17)20(26)23-10-8-22(9-11-23)14-18(25)21-7-12-27-3/h4-6,13H,7-12,14H2,1-3H3,(H,21,25). The second-order valence-corrected chi connectivity index (χ2v) is 7.91. The Hall–Kier alpha value is -2.16. The van der Waals surface area contributed by atoms with E-state index in [0.29, 0.717) is 45.9 Å². The molecule has 7 nitrogen and oxygen atoms in total. The zero-order valence-electron chi connectivity index (χ0n) is 16.7. The fourth-order valence-electron chi connectivity index (χ4n) is 3.49. The highest BCUT2D eigenvalue weighted by Gasteiger charge is 2.26. The molecule has 2 amide bonds. The van der Waals surface area contributed by atoms with E-state index in [0.717, 1.165) is 22.0 Å². The van der Waals surface area contributed by atoms with Crippen LogP contribution < -0.4 is 5.32 Å². The van der Waals surface area contributed by atoms with Crippen molar-refractivity contribution in [1.82, 2.24) is 19.7 Å². The Morgan fingerprint density at radius 2 is 1.79 bits per heavy atom. The Morgan fingerprint density at radius 1 is 1.11 bits per heavy atom. The summed E-state index contributed by atoms with van der Waals surface area (Å²) in [6.07, 6.45) is 0. The van der Waals surface area contributed by atoms with Crippen LogP contribution in [0.4, 0.5) is 0 Å². The number of methoxy groups -OCH3 is 1. The second kappa shape index (κ2) is 9.36. The maximum absolute atomic E-state index is 13.1. The molecule has 3 rings (SSSR count). The van der Waals surface area contributed by atoms with Crippen LogP contribution in [0.15, 0.2) is 23.6 Å². The number of hydrogen-bond donors (Lipinski definition) is 1. The lowest BCUT2D eigenvalue weighted by atomic mass is 10.2. The quantitative estimate of drug-likeness (QED) is 0.713. The number of piperazine rings is 1. The molecule has 2 aromatic heterocycles. The van der Waals surface area contributed by atoms with Crippen LogP contribution in [0.5, 0.6) is 0 Å². The minimum atomic E-state index is -0.00377. The normalized spacial score (nSPS) is 15.0. The molecule has 1 N–H and O–H groups in total. The van der Waals surface area contributed by atoms with Gasteiger partial charge in [0.1, 0.15) is 4.88 Å². The first kappa shape index (κ1) is 20.6. The van der Waals surface area contributed by atoms with Crippen LogP contribution in [0.1, 0.15) is 21.1 Å². The third kappa shape index (κ3) is 4.63. The summed E-state index contributed by atoms with van der Waals surface area (Å²) in [5.74, 6) is 0.0672. The number of carbonyl (C=O) groups excluding carboxylic acids is 2. The summed E-state index contributed by atoms with van der Waals surface area (Å²) in [6, 6.07) is 6.15. The minimum Gasteiger partial charge on any atom is -0.383 e. The van der Waals surface area contributed by atoms with E-state index in [4.69, 9.17) is 4.74 Å². The number of nitrogens with one attached hydrogen (secondary N) is 1. The summed E-state index contributed by atoms with van der Waals surface area (Å²) in [5, 5.41) is 4.81. The minimum absolute atomic E-state index is 0.00377. The molecule has 28 heavy (non-hydrogen) atoms. The maximum Gasteiger partial charge on any atom is 0.266 e. The van der Waals surface area contributed by atoms with Crippen LogP contribution in [-0.4, -0.2) is 79.2 Å². The topological polar surface area (TPSA) is 66.8 Å². The van der Waals surface area contributed by atoms with Crippen molar-refractivity contribution in [3.05, 3.63) is 39.8 Å². The number of aromatic nitrogens is 1. The third-order valence-electron chi connectivity index (χ3n) is 5.01. The first-order valence-electron chi connectivity index (χ1n) is 9.51. The smallest absolute Gasteiger partial charge is 0.266 e. The second-order valence-electron chi connectivity index (χ2n) is 7.00. The van der Waals surface area contributed by atoms with Crippen molar-refractivity contribution in [3.8, 4) is 5.69 Å². The monoisotopic (exact) mass is 404 g/mol. The van der Waals surface area contributed by atoms with Gasteiger partial charge >= 0.3 is 0 Å². The summed E-state index contributed by atoms with van der Waals surface area (Å²) in [7, 11) is 1.61. The molecule has 1 aliphatic heterocycles. The van der Waals surface area contributed by atoms with Crippen molar-refractivity contribution < 1.29 is 14.3 Å². The average molecular weight is 405 g/mol. The molecule has 0 aliphatic carbocycles. The number of ether oxygens (including phenoxy) is 1. The Balaban J connectivity index is 1.58. The lowest BCUT2D eigenvalue weighted by Crippen LogP contribution is -2.51. The lowest BCUT2D eigenvalue weighted by Gasteiger charge is -2.34. The summed E-state index contributed by atoms with van der Waals surface area (Å²) in [4.78, 5) is 29.8. The van der Waals surface area contributed by atoms with E-state index in [-0.39, 0.29) is 11.8 Å². The molecule has 2 aromatic rings. The highest BCUT2D eigenvalue weighted by atomic mass is 32.1. The summed E-state index contributed by atoms with van der Waals surface area (Å²) < 4.78 is 7.07. The summed E-state index contributed by atoms with van der Waals surface area (Å²) in [5.41, 5.74) is 3.19. The van der Waals surface area contributed by atoms with Crippen LogP contribution >= 0.6 is 11.3 Å². The van der Waals surface area contributed by atoms with Crippen LogP contribution in [0, 0.1) is 13.8 Å². The summed E-state index contributed by atoms with van der Waals surface area (Å²) in [6.45, 7) is 8.15. The van der Waals surface area contributed by atoms with Crippen molar-refractivity contribution in [2.45, 2.75) is 13.8 Å². The van der Waals surface area contributed by atoms with Crippen LogP contribution in [0.25, 0.3) is 5.69 Å². The predicted octanol–water partition coefficient (Wildman–Crippen LogP) is 1.68. The number of hydrogen-bond acceptors (Lipinski definition) is 5. The van der Waals surface area contributed by atoms with E-state index in [2.05, 4.69) is 40.8 Å². The van der Waals surface area contributed by atoms with Gasteiger partial charge in [0.2, 0.25) is 5.91 Å². The lowest BCUT2D eigenvalue weighted by molar-refractivity contribution is -0.122. The van der Waals surface area contributed by atoms with Crippen LogP contribution in [-0.2, 0) is 9.53 Å². The van der Waals surface area contributed by atoms with Gasteiger partial charge in [-0.05, 0) is 37.4 Å². The van der Waals surface area contributed by atoms with Gasteiger partial charge in [0, 0.05) is 51.2 Å². The van der Waals surface area contributed by atoms with Gasteiger partial charge in [-0.3, -0.25) is 14.5 Å². The number of rotatable bonds is 7. The fraction of sp³-hybridized carbons (Fsp3) is 0.500. The van der Waals surface area contributed by atoms with E-state index >= 15 is 0 Å². The van der Waals surface area contributed by atoms with Gasteiger partial charge in [-0.25, -0.2) is 0 Å². The number of amides is 2. The highest BCUT2D eigenvalue weighted by Crippen LogP contribution is 2.26. The Labute approximate surface area is 169 Å². The zero-order chi connectivity index (χ0) is 20.1. The van der Waals surface area contributed by atoms with Crippen molar-refractivity contribution in [3.63, 3.8) is 0 Å². The van der Waals surface area contributed by atoms with Gasteiger partial charge in [0.25, 0.3) is 5.91 Å². The molecule has 0 saturated carbocycles. The number of thiophene rings is 1. The van der Waals surface area contributed by atoms with Gasteiger partial charge in [-0.1, -0.05) is 0 Å². The number of carbonyl (C=O) groups is 2. The van der Waals surface area contributed by atoms with Gasteiger partial charge in [-0.15, -0.1) is 11.3 Å². The highest BCUT2D eigenvalue weighted by molar-refractivity contribution is 7.12. The average Bonchev–Trinajstić information content (AvgIpc) is 3.28. The van der Waals surface area contributed by atoms with Crippen LogP contribution in [0.2, 0.25) is 0 Å². The molecule has 1 saturated heterocycles. The largest absolute Gasteiger partial charge is 0.383 e. The Morgan fingerprint density at radius 3 is 2.43 bits per heavy atom. The van der Waals surface area contributed by atoms with E-state index in [1.54, 1.807) is 7.11 Å². The van der Waals surface area contributed by atoms with Crippen molar-refractivity contribution in [2.24, 2.45) is 0 Å². The van der Waals surface area contributed by atoms with Gasteiger partial charge < -0.3 is 19.5 Å². The van der Waals surface area contributed by atoms with Crippen molar-refractivity contribution in [1.29, 1.82) is 0 Å². The number of nitrogens with zero attached hydrogens (tertiary/aromatic N) is 3. The molecule has 0 atom stereocenters. The Bertz CT molecular complexity index is 802. The van der Waals surface area contributed by atoms with E-state index < -0.39 is 0 Å². The SMILES string of the molecule is COCCNC(=O)CN1CCN(C(=O)c2sccc2-n2c(C)ccc2C)CC1. The zero-order valence-corrected chi connectivity index (χ0v) is 17.6. The maximum atomic E-state index is 13.1. The molecule has 0 unspecified atom stereocenters. The number of aryl methyl sites for hydroxylation is 2. The fourth-order valence-corrected chi connectivity index (χ4v) is 4.33. The molecular formula is C20H28N4O3S. The molecular weight excluding hydrogens is 376 g/mol. The Kier molecular flexibility index (Phi) is 6.88. The van der Waals surface area contributed by atoms with E-state index in [9.17, 15) is 9.59 Å². The van der Waals surface area contributed by atoms with Crippen molar-refractivity contribution in [2.75, 3.05) is 53.0 Å².